The van der Waals surface area contributed by atoms with Crippen LogP contribution >= 0.6 is 11.6 Å². The van der Waals surface area contributed by atoms with Gasteiger partial charge in [-0.05, 0) is 0 Å². The zero-order valence-corrected chi connectivity index (χ0v) is 9.04. The summed E-state index contributed by atoms with van der Waals surface area (Å²) in [6.07, 6.45) is 3.06. The van der Waals surface area contributed by atoms with Gasteiger partial charge in [0, 0.05) is 6.20 Å². The molecule has 0 saturated heterocycles. The summed E-state index contributed by atoms with van der Waals surface area (Å²) in [6.45, 7) is 0. The summed E-state index contributed by atoms with van der Waals surface area (Å²) in [4.78, 5) is 28.5. The molecule has 5 nitrogen and oxygen atoms in total. The Morgan fingerprint density at radius 3 is 3.00 bits per heavy atom. The van der Waals surface area contributed by atoms with Crippen LogP contribution in [0, 0.1) is 0 Å². The lowest BCUT2D eigenvalue weighted by Gasteiger charge is -2.02. The fourth-order valence-corrected chi connectivity index (χ4v) is 1.70. The van der Waals surface area contributed by atoms with Crippen molar-refractivity contribution in [2.24, 2.45) is 0 Å². The third-order valence-corrected chi connectivity index (χ3v) is 2.51. The highest BCUT2D eigenvalue weighted by Crippen LogP contribution is 2.31. The standard InChI is InChI=1S/C10H7ClN2O3/c1-16-7-3-13-10(11)9-8(7)5(2-12-9)6(15)4-14/h2-4,12H,1H3. The molecule has 0 aliphatic heterocycles. The molecular formula is C10H7ClN2O3. The summed E-state index contributed by atoms with van der Waals surface area (Å²) in [6, 6.07) is 0. The number of Topliss-reactive ketones (excluding diaryl/α,β-unsaturated/α-hetero) is 1. The maximum absolute atomic E-state index is 11.4. The second-order valence-corrected chi connectivity index (χ2v) is 3.41. The van der Waals surface area contributed by atoms with E-state index < -0.39 is 5.78 Å². The SMILES string of the molecule is COc1cnc(Cl)c2[nH]cc(C(=O)C=O)c12. The third-order valence-electron chi connectivity index (χ3n) is 2.22. The number of aromatic nitrogens is 2. The van der Waals surface area contributed by atoms with Crippen LogP contribution in [0.15, 0.2) is 12.4 Å². The lowest BCUT2D eigenvalue weighted by atomic mass is 10.1. The van der Waals surface area contributed by atoms with Gasteiger partial charge in [-0.15, -0.1) is 0 Å². The molecule has 0 radical (unpaired) electrons. The van der Waals surface area contributed by atoms with Gasteiger partial charge in [0.1, 0.15) is 5.75 Å². The van der Waals surface area contributed by atoms with E-state index in [-0.39, 0.29) is 17.0 Å². The van der Waals surface area contributed by atoms with Crippen LogP contribution in [0.4, 0.5) is 0 Å². The first-order valence-electron chi connectivity index (χ1n) is 4.38. The molecule has 0 amide bonds. The minimum atomic E-state index is -0.633. The van der Waals surface area contributed by atoms with Crippen LogP contribution in [0.1, 0.15) is 10.4 Å². The number of pyridine rings is 1. The van der Waals surface area contributed by atoms with Crippen molar-refractivity contribution in [3.63, 3.8) is 0 Å². The predicted molar refractivity (Wildman–Crippen MR) is 58.1 cm³/mol. The molecule has 6 heteroatoms. The van der Waals surface area contributed by atoms with E-state index >= 15 is 0 Å². The molecule has 2 heterocycles. The van der Waals surface area contributed by atoms with Gasteiger partial charge in [-0.25, -0.2) is 4.98 Å². The largest absolute Gasteiger partial charge is 0.494 e. The Hall–Kier alpha value is -1.88. The zero-order chi connectivity index (χ0) is 11.7. The number of hydrogen-bond donors (Lipinski definition) is 1. The van der Waals surface area contributed by atoms with Gasteiger partial charge in [0.15, 0.2) is 11.4 Å². The molecule has 0 bridgehead atoms. The average Bonchev–Trinajstić information content (AvgIpc) is 2.74. The monoisotopic (exact) mass is 238 g/mol. The zero-order valence-electron chi connectivity index (χ0n) is 8.28. The van der Waals surface area contributed by atoms with E-state index in [1.165, 1.54) is 19.5 Å². The van der Waals surface area contributed by atoms with Crippen LogP contribution in [0.5, 0.6) is 5.75 Å². The van der Waals surface area contributed by atoms with Crippen LogP contribution in [0.25, 0.3) is 10.9 Å². The van der Waals surface area contributed by atoms with Crippen molar-refractivity contribution in [3.8, 4) is 5.75 Å². The van der Waals surface area contributed by atoms with Crippen molar-refractivity contribution < 1.29 is 14.3 Å². The van der Waals surface area contributed by atoms with Crippen molar-refractivity contribution in [2.45, 2.75) is 0 Å². The third kappa shape index (κ3) is 1.45. The molecule has 0 fully saturated rings. The number of hydrogen-bond acceptors (Lipinski definition) is 4. The van der Waals surface area contributed by atoms with E-state index in [0.29, 0.717) is 16.7 Å². The van der Waals surface area contributed by atoms with E-state index in [1.807, 2.05) is 0 Å². The van der Waals surface area contributed by atoms with Gasteiger partial charge in [0.2, 0.25) is 5.78 Å². The molecule has 0 aliphatic carbocycles. The molecule has 1 N–H and O–H groups in total. The highest BCUT2D eigenvalue weighted by atomic mass is 35.5. The smallest absolute Gasteiger partial charge is 0.227 e. The minimum Gasteiger partial charge on any atom is -0.494 e. The van der Waals surface area contributed by atoms with Crippen LogP contribution in [-0.2, 0) is 4.79 Å². The molecule has 0 spiro atoms. The predicted octanol–water partition coefficient (Wildman–Crippen LogP) is 1.61. The molecule has 0 unspecified atom stereocenters. The molecule has 16 heavy (non-hydrogen) atoms. The molecular weight excluding hydrogens is 232 g/mol. The van der Waals surface area contributed by atoms with Gasteiger partial charge in [0.25, 0.3) is 0 Å². The van der Waals surface area contributed by atoms with E-state index in [9.17, 15) is 9.59 Å². The number of aromatic amines is 1. The molecule has 0 aliphatic rings. The molecule has 0 atom stereocenters. The van der Waals surface area contributed by atoms with Gasteiger partial charge in [-0.2, -0.15) is 0 Å². The first-order chi connectivity index (χ1) is 7.69. The van der Waals surface area contributed by atoms with Crippen LogP contribution in [0.3, 0.4) is 0 Å². The van der Waals surface area contributed by atoms with E-state index in [2.05, 4.69) is 9.97 Å². The Kier molecular flexibility index (Phi) is 2.62. The number of carbonyl (C=O) groups is 2. The number of nitrogens with zero attached hydrogens (tertiary/aromatic N) is 1. The Bertz CT molecular complexity index is 577. The summed E-state index contributed by atoms with van der Waals surface area (Å²) in [5.74, 6) is -0.238. The summed E-state index contributed by atoms with van der Waals surface area (Å²) in [7, 11) is 1.45. The van der Waals surface area contributed by atoms with Crippen LogP contribution in [0.2, 0.25) is 5.15 Å². The number of ketones is 1. The van der Waals surface area contributed by atoms with Gasteiger partial charge in [-0.3, -0.25) is 9.59 Å². The number of H-pyrrole nitrogens is 1. The highest BCUT2D eigenvalue weighted by molar-refractivity contribution is 6.39. The Balaban J connectivity index is 2.82. The summed E-state index contributed by atoms with van der Waals surface area (Å²) < 4.78 is 5.07. The number of aldehydes is 1. The number of carbonyl (C=O) groups excluding carboxylic acids is 2. The van der Waals surface area contributed by atoms with Crippen molar-refractivity contribution in [3.05, 3.63) is 23.1 Å². The molecule has 0 aromatic carbocycles. The topological polar surface area (TPSA) is 72.0 Å². The van der Waals surface area contributed by atoms with Crippen molar-refractivity contribution in [1.29, 1.82) is 0 Å². The quantitative estimate of drug-likeness (QED) is 0.382. The van der Waals surface area contributed by atoms with E-state index in [0.717, 1.165) is 0 Å². The molecule has 0 saturated carbocycles. The average molecular weight is 239 g/mol. The lowest BCUT2D eigenvalue weighted by Crippen LogP contribution is -1.99. The van der Waals surface area contributed by atoms with Crippen LogP contribution in [-0.4, -0.2) is 29.1 Å². The number of nitrogens with one attached hydrogen (secondary N) is 1. The van der Waals surface area contributed by atoms with Crippen molar-refractivity contribution in [1.82, 2.24) is 9.97 Å². The maximum atomic E-state index is 11.4. The second kappa shape index (κ2) is 3.94. The maximum Gasteiger partial charge on any atom is 0.227 e. The molecule has 2 aromatic heterocycles. The van der Waals surface area contributed by atoms with Crippen molar-refractivity contribution in [2.75, 3.05) is 7.11 Å². The van der Waals surface area contributed by atoms with E-state index in [1.54, 1.807) is 0 Å². The van der Waals surface area contributed by atoms with Crippen LogP contribution < -0.4 is 4.74 Å². The van der Waals surface area contributed by atoms with Gasteiger partial charge in [-0.1, -0.05) is 11.6 Å². The molecule has 2 aromatic rings. The number of rotatable bonds is 3. The van der Waals surface area contributed by atoms with E-state index in [4.69, 9.17) is 16.3 Å². The van der Waals surface area contributed by atoms with Gasteiger partial charge >= 0.3 is 0 Å². The number of halogens is 1. The first-order valence-corrected chi connectivity index (χ1v) is 4.76. The normalized spacial score (nSPS) is 10.4. The Morgan fingerprint density at radius 1 is 1.62 bits per heavy atom. The number of fused-ring (bicyclic) bond motifs is 1. The Morgan fingerprint density at radius 2 is 2.38 bits per heavy atom. The fraction of sp³-hybridized carbons (Fsp3) is 0.100. The van der Waals surface area contributed by atoms with Gasteiger partial charge in [0.05, 0.1) is 29.8 Å². The molecule has 2 rings (SSSR count). The van der Waals surface area contributed by atoms with Gasteiger partial charge < -0.3 is 9.72 Å². The summed E-state index contributed by atoms with van der Waals surface area (Å²) in [5, 5.41) is 0.695. The fourth-order valence-electron chi connectivity index (χ4n) is 1.50. The van der Waals surface area contributed by atoms with Crippen molar-refractivity contribution >= 4 is 34.6 Å². The lowest BCUT2D eigenvalue weighted by molar-refractivity contribution is -0.104. The second-order valence-electron chi connectivity index (χ2n) is 3.05. The number of methoxy groups -OCH3 is 1. The summed E-state index contributed by atoms with van der Waals surface area (Å²) >= 11 is 5.85. The highest BCUT2D eigenvalue weighted by Gasteiger charge is 2.17. The summed E-state index contributed by atoms with van der Waals surface area (Å²) in [5.41, 5.74) is 0.706. The first kappa shape index (κ1) is 10.6. The number of ether oxygens (including phenoxy) is 1. The molecule has 82 valence electrons. The Labute approximate surface area is 95.4 Å². The minimum absolute atomic E-state index is 0.223.